The molecule has 21 heavy (non-hydrogen) atoms. The minimum atomic E-state index is -0.548. The molecule has 0 aromatic carbocycles. The second-order valence-electron chi connectivity index (χ2n) is 4.92. The van der Waals surface area contributed by atoms with Crippen LogP contribution in [0.1, 0.15) is 19.3 Å². The molecule has 1 atom stereocenters. The minimum absolute atomic E-state index is 0.0354. The molecule has 0 unspecified atom stereocenters. The first-order chi connectivity index (χ1) is 10.1. The zero-order chi connectivity index (χ0) is 15.2. The van der Waals surface area contributed by atoms with E-state index in [2.05, 4.69) is 20.5 Å². The molecule has 8 heteroatoms. The maximum absolute atomic E-state index is 12.0. The number of anilines is 1. The van der Waals surface area contributed by atoms with E-state index in [4.69, 9.17) is 11.6 Å². The van der Waals surface area contributed by atoms with Crippen molar-refractivity contribution in [3.8, 4) is 0 Å². The van der Waals surface area contributed by atoms with Crippen LogP contribution in [-0.4, -0.2) is 42.0 Å². The number of nitrogens with zero attached hydrogens (tertiary/aromatic N) is 2. The van der Waals surface area contributed by atoms with E-state index < -0.39 is 11.5 Å². The van der Waals surface area contributed by atoms with E-state index in [0.717, 1.165) is 17.6 Å². The Balaban J connectivity index is 1.95. The zero-order valence-corrected chi connectivity index (χ0v) is 12.7. The molecular weight excluding hydrogens is 296 g/mol. The molecule has 2 heterocycles. The number of carbonyl (C=O) groups is 1. The van der Waals surface area contributed by atoms with Crippen LogP contribution in [0.3, 0.4) is 0 Å². The van der Waals surface area contributed by atoms with Gasteiger partial charge >= 0.3 is 5.97 Å². The van der Waals surface area contributed by atoms with Gasteiger partial charge in [0.05, 0.1) is 19.0 Å². The highest BCUT2D eigenvalue weighted by Crippen LogP contribution is 2.16. The van der Waals surface area contributed by atoms with Crippen LogP contribution in [0.25, 0.3) is 0 Å². The number of ether oxygens (including phenoxy) is 1. The molecule has 7 nitrogen and oxygen atoms in total. The van der Waals surface area contributed by atoms with Gasteiger partial charge < -0.3 is 15.4 Å². The number of carbonyl (C=O) groups excluding carboxylic acids is 1. The van der Waals surface area contributed by atoms with E-state index in [1.165, 1.54) is 26.1 Å². The van der Waals surface area contributed by atoms with E-state index >= 15 is 0 Å². The molecule has 1 aliphatic rings. The van der Waals surface area contributed by atoms with Gasteiger partial charge in [0.1, 0.15) is 11.6 Å². The third kappa shape index (κ3) is 4.18. The van der Waals surface area contributed by atoms with Crippen LogP contribution in [0.2, 0.25) is 5.02 Å². The Kier molecular flexibility index (Phi) is 5.58. The van der Waals surface area contributed by atoms with Crippen molar-refractivity contribution in [3.05, 3.63) is 21.6 Å². The molecular formula is C13H19ClN4O3. The number of methoxy groups -OCH3 is 1. The van der Waals surface area contributed by atoms with Gasteiger partial charge in [-0.15, -0.1) is 0 Å². The van der Waals surface area contributed by atoms with Gasteiger partial charge in [0.15, 0.2) is 0 Å². The van der Waals surface area contributed by atoms with Crippen LogP contribution < -0.4 is 16.2 Å². The summed E-state index contributed by atoms with van der Waals surface area (Å²) in [6.07, 6.45) is 4.79. The third-order valence-corrected chi connectivity index (χ3v) is 3.83. The molecule has 2 rings (SSSR count). The van der Waals surface area contributed by atoms with Crippen molar-refractivity contribution in [2.24, 2.45) is 0 Å². The SMILES string of the molecule is COC(=O)Cn1ncc(NCC[C@@H]2CCCN2)c(Cl)c1=O. The van der Waals surface area contributed by atoms with Crippen molar-refractivity contribution < 1.29 is 9.53 Å². The number of rotatable bonds is 6. The molecule has 1 aliphatic heterocycles. The highest BCUT2D eigenvalue weighted by molar-refractivity contribution is 6.32. The van der Waals surface area contributed by atoms with Gasteiger partial charge in [-0.2, -0.15) is 5.10 Å². The Bertz CT molecular complexity index is 555. The molecule has 0 amide bonds. The van der Waals surface area contributed by atoms with Gasteiger partial charge in [-0.05, 0) is 25.8 Å². The normalized spacial score (nSPS) is 17.7. The first kappa shape index (κ1) is 15.8. The van der Waals surface area contributed by atoms with Crippen molar-refractivity contribution in [1.82, 2.24) is 15.1 Å². The molecule has 0 bridgehead atoms. The van der Waals surface area contributed by atoms with E-state index in [1.54, 1.807) is 0 Å². The van der Waals surface area contributed by atoms with Crippen LogP contribution in [0, 0.1) is 0 Å². The van der Waals surface area contributed by atoms with Crippen LogP contribution in [0.5, 0.6) is 0 Å². The van der Waals surface area contributed by atoms with Gasteiger partial charge in [-0.25, -0.2) is 4.68 Å². The Morgan fingerprint density at radius 3 is 3.14 bits per heavy atom. The Morgan fingerprint density at radius 2 is 2.48 bits per heavy atom. The standard InChI is InChI=1S/C13H19ClN4O3/c1-21-11(19)8-18-13(20)12(14)10(7-17-18)16-6-4-9-3-2-5-15-9/h7,9,15-16H,2-6,8H2,1H3/t9-/m0/s1. The Hall–Kier alpha value is -1.60. The van der Waals surface area contributed by atoms with Gasteiger partial charge in [0.25, 0.3) is 5.56 Å². The van der Waals surface area contributed by atoms with E-state index in [-0.39, 0.29) is 11.6 Å². The van der Waals surface area contributed by atoms with E-state index in [1.807, 2.05) is 0 Å². The summed E-state index contributed by atoms with van der Waals surface area (Å²) >= 11 is 6.02. The number of hydrogen-bond acceptors (Lipinski definition) is 6. The van der Waals surface area contributed by atoms with Crippen LogP contribution >= 0.6 is 11.6 Å². The predicted molar refractivity (Wildman–Crippen MR) is 79.7 cm³/mol. The summed E-state index contributed by atoms with van der Waals surface area (Å²) in [6.45, 7) is 1.53. The van der Waals surface area contributed by atoms with Crippen molar-refractivity contribution in [2.75, 3.05) is 25.5 Å². The quantitative estimate of drug-likeness (QED) is 0.749. The molecule has 116 valence electrons. The summed E-state index contributed by atoms with van der Waals surface area (Å²) in [4.78, 5) is 23.1. The molecule has 2 N–H and O–H groups in total. The molecule has 0 spiro atoms. The second-order valence-corrected chi connectivity index (χ2v) is 5.30. The first-order valence-corrected chi connectivity index (χ1v) is 7.29. The lowest BCUT2D eigenvalue weighted by atomic mass is 10.1. The van der Waals surface area contributed by atoms with E-state index in [0.29, 0.717) is 18.3 Å². The zero-order valence-electron chi connectivity index (χ0n) is 11.9. The number of hydrogen-bond donors (Lipinski definition) is 2. The first-order valence-electron chi connectivity index (χ1n) is 6.91. The summed E-state index contributed by atoms with van der Waals surface area (Å²) in [7, 11) is 1.25. The van der Waals surface area contributed by atoms with Crippen molar-refractivity contribution >= 4 is 23.3 Å². The molecule has 0 saturated carbocycles. The van der Waals surface area contributed by atoms with Crippen molar-refractivity contribution in [3.63, 3.8) is 0 Å². The number of nitrogens with one attached hydrogen (secondary N) is 2. The summed E-state index contributed by atoms with van der Waals surface area (Å²) in [5, 5.41) is 10.5. The maximum Gasteiger partial charge on any atom is 0.327 e. The van der Waals surface area contributed by atoms with Gasteiger partial charge in [0, 0.05) is 12.6 Å². The molecule has 1 aromatic rings. The highest BCUT2D eigenvalue weighted by atomic mass is 35.5. The number of aromatic nitrogens is 2. The number of halogens is 1. The molecule has 1 aromatic heterocycles. The molecule has 0 aliphatic carbocycles. The molecule has 1 fully saturated rings. The van der Waals surface area contributed by atoms with Crippen molar-refractivity contribution in [2.45, 2.75) is 31.8 Å². The second kappa shape index (κ2) is 7.42. The summed E-state index contributed by atoms with van der Waals surface area (Å²) in [5.74, 6) is -0.548. The largest absolute Gasteiger partial charge is 0.468 e. The summed E-state index contributed by atoms with van der Waals surface area (Å²) in [5.41, 5.74) is -0.0214. The predicted octanol–water partition coefficient (Wildman–Crippen LogP) is 0.624. The molecule has 0 radical (unpaired) electrons. The lowest BCUT2D eigenvalue weighted by Crippen LogP contribution is -2.29. The number of esters is 1. The Morgan fingerprint density at radius 1 is 1.67 bits per heavy atom. The van der Waals surface area contributed by atoms with Crippen LogP contribution in [0.4, 0.5) is 5.69 Å². The fourth-order valence-electron chi connectivity index (χ4n) is 2.27. The average molecular weight is 315 g/mol. The lowest BCUT2D eigenvalue weighted by molar-refractivity contribution is -0.141. The summed E-state index contributed by atoms with van der Waals surface area (Å²) in [6, 6.07) is 0.518. The molecule has 1 saturated heterocycles. The maximum atomic E-state index is 12.0. The van der Waals surface area contributed by atoms with Gasteiger partial charge in [-0.1, -0.05) is 11.6 Å². The highest BCUT2D eigenvalue weighted by Gasteiger charge is 2.15. The lowest BCUT2D eigenvalue weighted by Gasteiger charge is -2.12. The van der Waals surface area contributed by atoms with Gasteiger partial charge in [0.2, 0.25) is 0 Å². The van der Waals surface area contributed by atoms with Crippen LogP contribution in [0.15, 0.2) is 11.0 Å². The third-order valence-electron chi connectivity index (χ3n) is 3.46. The fraction of sp³-hybridized carbons (Fsp3) is 0.615. The van der Waals surface area contributed by atoms with E-state index in [9.17, 15) is 9.59 Å². The smallest absolute Gasteiger partial charge is 0.327 e. The van der Waals surface area contributed by atoms with Crippen molar-refractivity contribution in [1.29, 1.82) is 0 Å². The monoisotopic (exact) mass is 314 g/mol. The fourth-order valence-corrected chi connectivity index (χ4v) is 2.49. The minimum Gasteiger partial charge on any atom is -0.468 e. The topological polar surface area (TPSA) is 85.2 Å². The summed E-state index contributed by atoms with van der Waals surface area (Å²) < 4.78 is 5.48. The van der Waals surface area contributed by atoms with Gasteiger partial charge in [-0.3, -0.25) is 9.59 Å². The Labute approximate surface area is 127 Å². The van der Waals surface area contributed by atoms with Crippen LogP contribution in [-0.2, 0) is 16.1 Å². The average Bonchev–Trinajstić information content (AvgIpc) is 2.99.